The first-order chi connectivity index (χ1) is 14.1. The molecule has 162 valence electrons. The Hall–Kier alpha value is -2.12. The Morgan fingerprint density at radius 3 is 2.47 bits per heavy atom. The number of amidine groups is 1. The Labute approximate surface area is 182 Å². The molecule has 0 aromatic heterocycles. The monoisotopic (exact) mass is 429 g/mol. The molecule has 2 atom stereocenters. The molecule has 0 saturated carbocycles. The zero-order valence-electron chi connectivity index (χ0n) is 18.6. The molecule has 0 amide bonds. The second-order valence-electron chi connectivity index (χ2n) is 9.16. The molecular weight excluding hydrogens is 398 g/mol. The van der Waals surface area contributed by atoms with Gasteiger partial charge >= 0.3 is 0 Å². The van der Waals surface area contributed by atoms with Crippen molar-refractivity contribution < 1.29 is 9.66 Å². The maximum absolute atomic E-state index is 11.4. The van der Waals surface area contributed by atoms with Gasteiger partial charge in [0.25, 0.3) is 5.69 Å². The van der Waals surface area contributed by atoms with E-state index >= 15 is 0 Å². The molecule has 1 saturated heterocycles. The van der Waals surface area contributed by atoms with Crippen molar-refractivity contribution in [3.8, 4) is 0 Å². The molecular formula is C23H31N3O3S. The first-order valence-electron chi connectivity index (χ1n) is 10.4. The summed E-state index contributed by atoms with van der Waals surface area (Å²) in [7, 11) is 0. The van der Waals surface area contributed by atoms with Crippen molar-refractivity contribution in [2.75, 3.05) is 12.3 Å². The van der Waals surface area contributed by atoms with Crippen molar-refractivity contribution in [3.63, 3.8) is 0 Å². The third kappa shape index (κ3) is 5.13. The minimum Gasteiger partial charge on any atom is -0.371 e. The molecule has 0 spiro atoms. The minimum atomic E-state index is -0.337. The number of hydrogen-bond donors (Lipinski definition) is 0. The van der Waals surface area contributed by atoms with Crippen LogP contribution in [-0.4, -0.2) is 45.0 Å². The Bertz CT molecular complexity index is 952. The van der Waals surface area contributed by atoms with Crippen molar-refractivity contribution in [3.05, 3.63) is 46.5 Å². The summed E-state index contributed by atoms with van der Waals surface area (Å²) in [5, 5.41) is 13.8. The maximum Gasteiger partial charge on any atom is 0.277 e. The highest BCUT2D eigenvalue weighted by molar-refractivity contribution is 8.14. The van der Waals surface area contributed by atoms with Gasteiger partial charge in [0.1, 0.15) is 0 Å². The third-order valence-corrected chi connectivity index (χ3v) is 6.06. The summed E-state index contributed by atoms with van der Waals surface area (Å²) in [5.74, 6) is 1.39. The summed E-state index contributed by atoms with van der Waals surface area (Å²) in [5.41, 5.74) is 0.664. The zero-order chi connectivity index (χ0) is 22.1. The molecule has 1 aliphatic rings. The maximum atomic E-state index is 11.4. The van der Waals surface area contributed by atoms with Crippen LogP contribution in [0.4, 0.5) is 11.4 Å². The van der Waals surface area contributed by atoms with Crippen LogP contribution in [0.2, 0.25) is 0 Å². The number of nitro benzene ring substituents is 1. The molecule has 0 bridgehead atoms. The molecule has 1 heterocycles. The van der Waals surface area contributed by atoms with Crippen LogP contribution in [0.3, 0.4) is 0 Å². The molecule has 30 heavy (non-hydrogen) atoms. The van der Waals surface area contributed by atoms with Gasteiger partial charge in [-0.05, 0) is 45.7 Å². The number of ether oxygens (including phenoxy) is 1. The van der Waals surface area contributed by atoms with Crippen molar-refractivity contribution in [2.45, 2.75) is 59.3 Å². The SMILES string of the molecule is CC(C)CN1C(=Nc2ccc([N+](=O)[O-])c3ccccc23)SC[C@@H]1[C@H](C)OC(C)(C)C. The molecule has 1 fully saturated rings. The molecule has 3 rings (SSSR count). The normalized spacial score (nSPS) is 19.8. The summed E-state index contributed by atoms with van der Waals surface area (Å²) in [4.78, 5) is 18.4. The third-order valence-electron chi connectivity index (χ3n) is 4.96. The predicted octanol–water partition coefficient (Wildman–Crippen LogP) is 6.01. The lowest BCUT2D eigenvalue weighted by molar-refractivity contribution is -0.383. The van der Waals surface area contributed by atoms with Gasteiger partial charge in [0.15, 0.2) is 5.17 Å². The highest BCUT2D eigenvalue weighted by atomic mass is 32.2. The average molecular weight is 430 g/mol. The number of benzene rings is 2. The fraction of sp³-hybridized carbons (Fsp3) is 0.522. The number of non-ortho nitro benzene ring substituents is 1. The molecule has 0 unspecified atom stereocenters. The number of aliphatic imine (C=N–C) groups is 1. The van der Waals surface area contributed by atoms with E-state index in [-0.39, 0.29) is 28.4 Å². The van der Waals surface area contributed by atoms with E-state index in [1.165, 1.54) is 0 Å². The fourth-order valence-corrected chi connectivity index (χ4v) is 5.14. The molecule has 6 nitrogen and oxygen atoms in total. The number of rotatable bonds is 6. The molecule has 0 radical (unpaired) electrons. The van der Waals surface area contributed by atoms with E-state index in [0.717, 1.165) is 28.5 Å². The largest absolute Gasteiger partial charge is 0.371 e. The second kappa shape index (κ2) is 8.94. The Balaban J connectivity index is 2.00. The summed E-state index contributed by atoms with van der Waals surface area (Å²) < 4.78 is 6.26. The second-order valence-corrected chi connectivity index (χ2v) is 10.1. The van der Waals surface area contributed by atoms with Crippen molar-refractivity contribution in [2.24, 2.45) is 10.9 Å². The fourth-order valence-electron chi connectivity index (χ4n) is 3.83. The van der Waals surface area contributed by atoms with Gasteiger partial charge in [0, 0.05) is 23.8 Å². The molecule has 0 N–H and O–H groups in total. The lowest BCUT2D eigenvalue weighted by Crippen LogP contribution is -2.46. The molecule has 7 heteroatoms. The van der Waals surface area contributed by atoms with Gasteiger partial charge in [-0.1, -0.05) is 43.8 Å². The minimum absolute atomic E-state index is 0.0672. The summed E-state index contributed by atoms with van der Waals surface area (Å²) in [6.07, 6.45) is 0.0672. The number of thioether (sulfide) groups is 1. The molecule has 2 aromatic carbocycles. The highest BCUT2D eigenvalue weighted by Gasteiger charge is 2.36. The van der Waals surface area contributed by atoms with E-state index in [1.54, 1.807) is 30.0 Å². The van der Waals surface area contributed by atoms with Gasteiger partial charge in [0.2, 0.25) is 0 Å². The van der Waals surface area contributed by atoms with E-state index < -0.39 is 0 Å². The van der Waals surface area contributed by atoms with Gasteiger partial charge in [-0.2, -0.15) is 0 Å². The van der Waals surface area contributed by atoms with Crippen LogP contribution < -0.4 is 0 Å². The number of fused-ring (bicyclic) bond motifs is 1. The van der Waals surface area contributed by atoms with E-state index in [1.807, 2.05) is 18.2 Å². The number of hydrogen-bond acceptors (Lipinski definition) is 5. The van der Waals surface area contributed by atoms with Crippen molar-refractivity contribution in [1.82, 2.24) is 4.90 Å². The summed E-state index contributed by atoms with van der Waals surface area (Å²) in [6, 6.07) is 10.9. The van der Waals surface area contributed by atoms with E-state index in [0.29, 0.717) is 11.3 Å². The van der Waals surface area contributed by atoms with Crippen LogP contribution in [0.25, 0.3) is 10.8 Å². The first-order valence-corrected chi connectivity index (χ1v) is 11.4. The number of nitro groups is 1. The van der Waals surface area contributed by atoms with Crippen LogP contribution in [0.15, 0.2) is 41.4 Å². The van der Waals surface area contributed by atoms with Gasteiger partial charge in [-0.15, -0.1) is 0 Å². The summed E-state index contributed by atoms with van der Waals surface area (Å²) in [6.45, 7) is 13.7. The van der Waals surface area contributed by atoms with Crippen LogP contribution in [0.1, 0.15) is 41.5 Å². The van der Waals surface area contributed by atoms with Crippen LogP contribution in [0, 0.1) is 16.0 Å². The van der Waals surface area contributed by atoms with Crippen LogP contribution in [0.5, 0.6) is 0 Å². The lowest BCUT2D eigenvalue weighted by Gasteiger charge is -2.35. The van der Waals surface area contributed by atoms with Gasteiger partial charge in [0.05, 0.1) is 33.7 Å². The first kappa shape index (κ1) is 22.6. The Morgan fingerprint density at radius 1 is 1.20 bits per heavy atom. The van der Waals surface area contributed by atoms with Crippen LogP contribution in [-0.2, 0) is 4.74 Å². The average Bonchev–Trinajstić information content (AvgIpc) is 3.02. The zero-order valence-corrected chi connectivity index (χ0v) is 19.4. The van der Waals surface area contributed by atoms with Gasteiger partial charge < -0.3 is 9.64 Å². The topological polar surface area (TPSA) is 68.0 Å². The quantitative estimate of drug-likeness (QED) is 0.415. The Kier molecular flexibility index (Phi) is 6.72. The molecule has 1 aliphatic heterocycles. The van der Waals surface area contributed by atoms with Gasteiger partial charge in [-0.3, -0.25) is 10.1 Å². The van der Waals surface area contributed by atoms with E-state index in [9.17, 15) is 10.1 Å². The van der Waals surface area contributed by atoms with E-state index in [4.69, 9.17) is 9.73 Å². The molecule has 2 aromatic rings. The standard InChI is InChI=1S/C23H31N3O3S/c1-15(2)13-25-21(16(3)29-23(4,5)6)14-30-22(25)24-19-11-12-20(26(27)28)18-10-8-7-9-17(18)19/h7-12,15-16,21H,13-14H2,1-6H3/t16-,21+/m0/s1. The van der Waals surface area contributed by atoms with Crippen LogP contribution >= 0.6 is 11.8 Å². The predicted molar refractivity (Wildman–Crippen MR) is 126 cm³/mol. The summed E-state index contributed by atoms with van der Waals surface area (Å²) >= 11 is 1.73. The van der Waals surface area contributed by atoms with Crippen molar-refractivity contribution in [1.29, 1.82) is 0 Å². The lowest BCUT2D eigenvalue weighted by atomic mass is 10.1. The number of nitrogens with zero attached hydrogens (tertiary/aromatic N) is 3. The molecule has 0 aliphatic carbocycles. The van der Waals surface area contributed by atoms with Gasteiger partial charge in [-0.25, -0.2) is 4.99 Å². The smallest absolute Gasteiger partial charge is 0.277 e. The Morgan fingerprint density at radius 2 is 1.87 bits per heavy atom. The highest BCUT2D eigenvalue weighted by Crippen LogP contribution is 2.36. The van der Waals surface area contributed by atoms with E-state index in [2.05, 4.69) is 46.4 Å². The van der Waals surface area contributed by atoms with Crippen molar-refractivity contribution >= 4 is 39.1 Å².